The maximum Gasteiger partial charge on any atom is 0.237 e. The summed E-state index contributed by atoms with van der Waals surface area (Å²) in [4.78, 5) is 24.0. The van der Waals surface area contributed by atoms with E-state index < -0.39 is 55.9 Å². The predicted octanol–water partition coefficient (Wildman–Crippen LogP) is 2.28. The van der Waals surface area contributed by atoms with Gasteiger partial charge in [-0.2, -0.15) is 0 Å². The summed E-state index contributed by atoms with van der Waals surface area (Å²) in [6.07, 6.45) is 0. The first kappa shape index (κ1) is 17.6. The third kappa shape index (κ3) is 3.60. The Balaban J connectivity index is 2.17. The van der Waals surface area contributed by atoms with E-state index in [-0.39, 0.29) is 0 Å². The van der Waals surface area contributed by atoms with Gasteiger partial charge in [0, 0.05) is 24.3 Å². The Morgan fingerprint density at radius 2 is 0.833 bits per heavy atom. The van der Waals surface area contributed by atoms with Gasteiger partial charge in [-0.05, 0) is 21.6 Å². The second kappa shape index (κ2) is 6.81. The Labute approximate surface area is 142 Å². The van der Waals surface area contributed by atoms with Crippen LogP contribution >= 0.6 is 21.6 Å². The number of rotatable bonds is 2. The van der Waals surface area contributed by atoms with Gasteiger partial charge in [-0.25, -0.2) is 0 Å². The second-order valence-electron chi connectivity index (χ2n) is 4.46. The highest BCUT2D eigenvalue weighted by Crippen LogP contribution is 2.41. The van der Waals surface area contributed by atoms with E-state index in [0.29, 0.717) is 21.6 Å². The van der Waals surface area contributed by atoms with Crippen molar-refractivity contribution in [1.82, 2.24) is 0 Å². The molecule has 24 heavy (non-hydrogen) atoms. The molecule has 0 fully saturated rings. The molecule has 0 heterocycles. The molecule has 10 heteroatoms. The van der Waals surface area contributed by atoms with E-state index in [4.69, 9.17) is 0 Å². The zero-order chi connectivity index (χ0) is 18.0. The van der Waals surface area contributed by atoms with Crippen LogP contribution in [0.1, 0.15) is 20.7 Å². The lowest BCUT2D eigenvalue weighted by Crippen LogP contribution is -1.97. The minimum atomic E-state index is -0.888. The number of hydrogen-bond donors (Lipinski definition) is 6. The second-order valence-corrected chi connectivity index (χ2v) is 6.53. The van der Waals surface area contributed by atoms with E-state index in [2.05, 4.69) is 0 Å². The van der Waals surface area contributed by atoms with Crippen LogP contribution in [0.3, 0.4) is 0 Å². The van der Waals surface area contributed by atoms with Crippen molar-refractivity contribution in [2.75, 3.05) is 0 Å². The minimum Gasteiger partial charge on any atom is -0.508 e. The maximum absolute atomic E-state index is 12.0. The van der Waals surface area contributed by atoms with Crippen LogP contribution in [-0.4, -0.2) is 40.9 Å². The van der Waals surface area contributed by atoms with E-state index >= 15 is 0 Å². The highest BCUT2D eigenvalue weighted by atomic mass is 33.1. The fraction of sp³-hybridized carbons (Fsp3) is 0. The monoisotopic (exact) mass is 370 g/mol. The number of benzene rings is 2. The van der Waals surface area contributed by atoms with Crippen LogP contribution in [0.25, 0.3) is 0 Å². The summed E-state index contributed by atoms with van der Waals surface area (Å²) >= 11 is 0. The van der Waals surface area contributed by atoms with Gasteiger partial charge in [-0.3, -0.25) is 9.59 Å². The third-order valence-electron chi connectivity index (χ3n) is 2.76. The summed E-state index contributed by atoms with van der Waals surface area (Å²) in [5.74, 6) is -3.59. The SMILES string of the molecule is O=C(SSC(=O)c1c(O)cc(O)cc1O)c1c(O)cc(O)cc1O. The maximum atomic E-state index is 12.0. The Bertz CT molecular complexity index is 718. The van der Waals surface area contributed by atoms with Crippen molar-refractivity contribution in [1.29, 1.82) is 0 Å². The third-order valence-corrected chi connectivity index (χ3v) is 4.72. The van der Waals surface area contributed by atoms with Gasteiger partial charge in [0.05, 0.1) is 0 Å². The van der Waals surface area contributed by atoms with E-state index in [1.54, 1.807) is 0 Å². The number of phenols is 6. The van der Waals surface area contributed by atoms with Crippen LogP contribution in [0.5, 0.6) is 34.5 Å². The Kier molecular flexibility index (Phi) is 5.00. The number of carbonyl (C=O) groups excluding carboxylic acids is 2. The van der Waals surface area contributed by atoms with Crippen molar-refractivity contribution in [3.8, 4) is 34.5 Å². The van der Waals surface area contributed by atoms with E-state index in [9.17, 15) is 40.2 Å². The van der Waals surface area contributed by atoms with Gasteiger partial charge < -0.3 is 30.6 Å². The number of phenolic OH excluding ortho intramolecular Hbond substituents is 6. The van der Waals surface area contributed by atoms with Crippen molar-refractivity contribution in [3.63, 3.8) is 0 Å². The first-order chi connectivity index (χ1) is 11.2. The lowest BCUT2D eigenvalue weighted by molar-refractivity contribution is 0.107. The van der Waals surface area contributed by atoms with E-state index in [0.717, 1.165) is 24.3 Å². The minimum absolute atomic E-state index is 0.330. The van der Waals surface area contributed by atoms with Gasteiger partial charge in [0.2, 0.25) is 10.2 Å². The lowest BCUT2D eigenvalue weighted by Gasteiger charge is -2.08. The van der Waals surface area contributed by atoms with Crippen LogP contribution in [0.4, 0.5) is 0 Å². The van der Waals surface area contributed by atoms with Crippen molar-refractivity contribution in [2.24, 2.45) is 0 Å². The smallest absolute Gasteiger partial charge is 0.237 e. The number of aromatic hydroxyl groups is 6. The zero-order valence-corrected chi connectivity index (χ0v) is 13.3. The van der Waals surface area contributed by atoms with E-state index in [1.807, 2.05) is 0 Å². The molecule has 0 amide bonds. The lowest BCUT2D eigenvalue weighted by atomic mass is 10.2. The Morgan fingerprint density at radius 1 is 0.583 bits per heavy atom. The molecule has 0 aliphatic carbocycles. The number of carbonyl (C=O) groups is 2. The molecule has 0 atom stereocenters. The largest absolute Gasteiger partial charge is 0.508 e. The summed E-state index contributed by atoms with van der Waals surface area (Å²) in [5, 5.41) is 54.9. The molecule has 0 radical (unpaired) electrons. The molecular formula is C14H10O8S2. The highest BCUT2D eigenvalue weighted by molar-refractivity contribution is 8.87. The van der Waals surface area contributed by atoms with Gasteiger partial charge in [-0.15, -0.1) is 0 Å². The molecule has 2 aromatic carbocycles. The van der Waals surface area contributed by atoms with Crippen LogP contribution in [0.15, 0.2) is 24.3 Å². The molecule has 0 saturated carbocycles. The van der Waals surface area contributed by atoms with Crippen molar-refractivity contribution in [2.45, 2.75) is 0 Å². The molecular weight excluding hydrogens is 360 g/mol. The van der Waals surface area contributed by atoms with Gasteiger partial charge in [0.15, 0.2) is 0 Å². The predicted molar refractivity (Wildman–Crippen MR) is 86.7 cm³/mol. The van der Waals surface area contributed by atoms with Gasteiger partial charge in [0.25, 0.3) is 0 Å². The molecule has 126 valence electrons. The van der Waals surface area contributed by atoms with Crippen molar-refractivity contribution in [3.05, 3.63) is 35.4 Å². The Morgan fingerprint density at radius 3 is 1.08 bits per heavy atom. The van der Waals surface area contributed by atoms with Crippen LogP contribution in [0.2, 0.25) is 0 Å². The van der Waals surface area contributed by atoms with Crippen LogP contribution < -0.4 is 0 Å². The van der Waals surface area contributed by atoms with Crippen LogP contribution in [0, 0.1) is 0 Å². The first-order valence-corrected chi connectivity index (χ1v) is 8.28. The van der Waals surface area contributed by atoms with Crippen LogP contribution in [-0.2, 0) is 0 Å². The standard InChI is InChI=1S/C14H10O8S2/c15-5-1-7(17)11(8(18)2-5)13(21)23-24-14(22)12-9(19)3-6(16)4-10(12)20/h1-4,15-20H. The molecule has 0 spiro atoms. The summed E-state index contributed by atoms with van der Waals surface area (Å²) < 4.78 is 0. The molecule has 8 nitrogen and oxygen atoms in total. The number of hydrogen-bond acceptors (Lipinski definition) is 10. The fourth-order valence-electron chi connectivity index (χ4n) is 1.77. The average Bonchev–Trinajstić information content (AvgIpc) is 2.42. The van der Waals surface area contributed by atoms with Crippen molar-refractivity contribution < 1.29 is 40.2 Å². The quantitative estimate of drug-likeness (QED) is 0.434. The van der Waals surface area contributed by atoms with E-state index in [1.165, 1.54) is 0 Å². The molecule has 2 aromatic rings. The van der Waals surface area contributed by atoms with Gasteiger partial charge in [-0.1, -0.05) is 0 Å². The molecule has 6 N–H and O–H groups in total. The van der Waals surface area contributed by atoms with Gasteiger partial charge >= 0.3 is 0 Å². The summed E-state index contributed by atoms with van der Waals surface area (Å²) in [5.41, 5.74) is -1.01. The fourth-order valence-corrected chi connectivity index (χ4v) is 3.46. The van der Waals surface area contributed by atoms with Gasteiger partial charge in [0.1, 0.15) is 45.6 Å². The zero-order valence-electron chi connectivity index (χ0n) is 11.6. The Hall–Kier alpha value is -2.72. The molecule has 2 rings (SSSR count). The summed E-state index contributed by atoms with van der Waals surface area (Å²) in [7, 11) is 0.660. The molecule has 0 aliphatic rings. The van der Waals surface area contributed by atoms with Crippen molar-refractivity contribution >= 4 is 31.8 Å². The molecule has 0 saturated heterocycles. The molecule has 0 unspecified atom stereocenters. The summed E-state index contributed by atoms with van der Waals surface area (Å²) in [6.45, 7) is 0. The normalized spacial score (nSPS) is 10.5. The summed E-state index contributed by atoms with van der Waals surface area (Å²) in [6, 6.07) is 3.38. The first-order valence-electron chi connectivity index (χ1n) is 6.13. The average molecular weight is 370 g/mol. The molecule has 0 aliphatic heterocycles. The molecule has 0 aromatic heterocycles. The molecule has 0 bridgehead atoms. The highest BCUT2D eigenvalue weighted by Gasteiger charge is 2.23. The topological polar surface area (TPSA) is 156 Å².